The fraction of sp³-hybridized carbons (Fsp3) is 0.261. The zero-order valence-electron chi connectivity index (χ0n) is 17.4. The molecule has 0 bridgehead atoms. The lowest BCUT2D eigenvalue weighted by atomic mass is 10.2. The molecule has 30 heavy (non-hydrogen) atoms. The first-order valence-corrected chi connectivity index (χ1v) is 10.2. The predicted octanol–water partition coefficient (Wildman–Crippen LogP) is 3.29. The third-order valence-electron chi connectivity index (χ3n) is 5.11. The van der Waals surface area contributed by atoms with E-state index in [0.717, 1.165) is 42.7 Å². The van der Waals surface area contributed by atoms with Gasteiger partial charge in [0.05, 0.1) is 0 Å². The van der Waals surface area contributed by atoms with Gasteiger partial charge in [0.25, 0.3) is 0 Å². The lowest BCUT2D eigenvalue weighted by molar-refractivity contribution is 0.640. The van der Waals surface area contributed by atoms with Gasteiger partial charge in [0.2, 0.25) is 0 Å². The minimum Gasteiger partial charge on any atom is -0.356 e. The summed E-state index contributed by atoms with van der Waals surface area (Å²) in [5.41, 5.74) is 2.38. The Kier molecular flexibility index (Phi) is 6.08. The lowest BCUT2D eigenvalue weighted by Gasteiger charge is -2.13. The molecule has 7 heteroatoms. The van der Waals surface area contributed by atoms with Crippen LogP contribution in [0.3, 0.4) is 0 Å². The molecule has 0 aliphatic heterocycles. The number of aryl methyl sites for hydroxylation is 2. The monoisotopic (exact) mass is 401 g/mol. The molecule has 0 radical (unpaired) electrons. The van der Waals surface area contributed by atoms with Crippen LogP contribution >= 0.6 is 0 Å². The maximum atomic E-state index is 4.53. The number of fused-ring (bicyclic) bond motifs is 1. The fourth-order valence-corrected chi connectivity index (χ4v) is 3.48. The van der Waals surface area contributed by atoms with Crippen LogP contribution in [-0.4, -0.2) is 38.7 Å². The van der Waals surface area contributed by atoms with Gasteiger partial charge in [-0.05, 0) is 42.5 Å². The van der Waals surface area contributed by atoms with Crippen LogP contribution in [0.1, 0.15) is 17.8 Å². The van der Waals surface area contributed by atoms with Gasteiger partial charge in [0, 0.05) is 57.0 Å². The molecule has 4 aromatic rings. The quantitative estimate of drug-likeness (QED) is 0.283. The van der Waals surface area contributed by atoms with E-state index in [1.165, 1.54) is 10.9 Å². The van der Waals surface area contributed by atoms with E-state index in [4.69, 9.17) is 0 Å². The molecule has 0 aliphatic rings. The summed E-state index contributed by atoms with van der Waals surface area (Å²) in [6.07, 6.45) is 8.74. The minimum atomic E-state index is 0.665. The topological polar surface area (TPSA) is 72.1 Å². The number of rotatable bonds is 7. The van der Waals surface area contributed by atoms with Gasteiger partial charge < -0.3 is 15.2 Å². The number of nitrogens with one attached hydrogen (secondary N) is 2. The van der Waals surface area contributed by atoms with Crippen molar-refractivity contribution in [3.05, 3.63) is 78.6 Å². The highest BCUT2D eigenvalue weighted by Gasteiger charge is 2.04. The molecular formula is C23H27N7. The Morgan fingerprint density at radius 1 is 1.03 bits per heavy atom. The van der Waals surface area contributed by atoms with Gasteiger partial charge in [-0.25, -0.2) is 9.97 Å². The summed E-state index contributed by atoms with van der Waals surface area (Å²) in [4.78, 5) is 13.1. The van der Waals surface area contributed by atoms with Crippen molar-refractivity contribution in [2.24, 2.45) is 4.99 Å². The Bertz CT molecular complexity index is 1120. The Morgan fingerprint density at radius 2 is 1.93 bits per heavy atom. The van der Waals surface area contributed by atoms with Crippen LogP contribution in [0, 0.1) is 6.92 Å². The average Bonchev–Trinajstić information content (AvgIpc) is 3.40. The molecular weight excluding hydrogens is 374 g/mol. The number of aromatic nitrogens is 4. The molecule has 154 valence electrons. The van der Waals surface area contributed by atoms with E-state index in [1.807, 2.05) is 30.0 Å². The summed E-state index contributed by atoms with van der Waals surface area (Å²) >= 11 is 0. The van der Waals surface area contributed by atoms with Gasteiger partial charge in [-0.1, -0.05) is 24.3 Å². The first-order chi connectivity index (χ1) is 14.7. The lowest BCUT2D eigenvalue weighted by Crippen LogP contribution is -2.37. The van der Waals surface area contributed by atoms with Crippen LogP contribution in [0.15, 0.2) is 72.2 Å². The zero-order valence-corrected chi connectivity index (χ0v) is 17.4. The molecule has 1 aromatic carbocycles. The van der Waals surface area contributed by atoms with Crippen LogP contribution < -0.4 is 10.6 Å². The van der Waals surface area contributed by atoms with Crippen LogP contribution in [0.2, 0.25) is 0 Å². The van der Waals surface area contributed by atoms with Crippen molar-refractivity contribution in [1.82, 2.24) is 29.7 Å². The van der Waals surface area contributed by atoms with E-state index in [1.54, 1.807) is 13.2 Å². The Balaban J connectivity index is 1.23. The third-order valence-corrected chi connectivity index (χ3v) is 5.11. The molecule has 4 rings (SSSR count). The van der Waals surface area contributed by atoms with Crippen molar-refractivity contribution < 1.29 is 0 Å². The van der Waals surface area contributed by atoms with Gasteiger partial charge in [-0.15, -0.1) is 0 Å². The van der Waals surface area contributed by atoms with Crippen molar-refractivity contribution in [3.63, 3.8) is 0 Å². The second-order valence-corrected chi connectivity index (χ2v) is 7.14. The van der Waals surface area contributed by atoms with Crippen LogP contribution in [0.4, 0.5) is 0 Å². The maximum absolute atomic E-state index is 4.53. The Labute approximate surface area is 176 Å². The van der Waals surface area contributed by atoms with Crippen molar-refractivity contribution >= 4 is 16.9 Å². The smallest absolute Gasteiger partial charge is 0.191 e. The van der Waals surface area contributed by atoms with Crippen LogP contribution in [-0.2, 0) is 13.1 Å². The maximum Gasteiger partial charge on any atom is 0.191 e. The molecule has 3 aromatic heterocycles. The molecule has 0 unspecified atom stereocenters. The largest absolute Gasteiger partial charge is 0.356 e. The molecule has 0 spiro atoms. The fourth-order valence-electron chi connectivity index (χ4n) is 3.48. The summed E-state index contributed by atoms with van der Waals surface area (Å²) in [6, 6.07) is 14.7. The third kappa shape index (κ3) is 4.51. The number of para-hydroxylation sites is 1. The van der Waals surface area contributed by atoms with E-state index in [9.17, 15) is 0 Å². The molecule has 0 atom stereocenters. The number of imidazole rings is 1. The van der Waals surface area contributed by atoms with Gasteiger partial charge in [-0.3, -0.25) is 9.56 Å². The molecule has 0 fully saturated rings. The standard InChI is InChI=1S/C23H27N7/c1-18-25-12-15-30(18)22-9-8-19(16-27-22)17-28-23(24-2)26-11-5-13-29-14-10-20-6-3-4-7-21(20)29/h3-4,6-10,12,14-16H,5,11,13,17H2,1-2H3,(H2,24,26,28). The number of guanidine groups is 1. The highest BCUT2D eigenvalue weighted by atomic mass is 15.2. The van der Waals surface area contributed by atoms with Gasteiger partial charge in [0.1, 0.15) is 11.6 Å². The Morgan fingerprint density at radius 3 is 2.70 bits per heavy atom. The summed E-state index contributed by atoms with van der Waals surface area (Å²) in [5.74, 6) is 2.58. The van der Waals surface area contributed by atoms with Crippen LogP contribution in [0.5, 0.6) is 0 Å². The number of aliphatic imine (C=N–C) groups is 1. The van der Waals surface area contributed by atoms with E-state index >= 15 is 0 Å². The van der Waals surface area contributed by atoms with Crippen molar-refractivity contribution in [3.8, 4) is 5.82 Å². The number of pyridine rings is 1. The van der Waals surface area contributed by atoms with E-state index < -0.39 is 0 Å². The van der Waals surface area contributed by atoms with Crippen molar-refractivity contribution in [1.29, 1.82) is 0 Å². The summed E-state index contributed by atoms with van der Waals surface area (Å²) in [7, 11) is 1.79. The predicted molar refractivity (Wildman–Crippen MR) is 121 cm³/mol. The van der Waals surface area contributed by atoms with E-state index in [-0.39, 0.29) is 0 Å². The molecule has 2 N–H and O–H groups in total. The van der Waals surface area contributed by atoms with E-state index in [2.05, 4.69) is 72.8 Å². The number of nitrogens with zero attached hydrogens (tertiary/aromatic N) is 5. The molecule has 0 saturated carbocycles. The second kappa shape index (κ2) is 9.26. The highest BCUT2D eigenvalue weighted by molar-refractivity contribution is 5.80. The minimum absolute atomic E-state index is 0.665. The Hall–Kier alpha value is -3.61. The molecule has 0 amide bonds. The normalized spacial score (nSPS) is 11.7. The summed E-state index contributed by atoms with van der Waals surface area (Å²) in [6.45, 7) is 4.45. The van der Waals surface area contributed by atoms with Gasteiger partial charge >= 0.3 is 0 Å². The summed E-state index contributed by atoms with van der Waals surface area (Å²) < 4.78 is 4.26. The molecule has 0 saturated heterocycles. The zero-order chi connectivity index (χ0) is 20.8. The number of hydrogen-bond donors (Lipinski definition) is 2. The first-order valence-electron chi connectivity index (χ1n) is 10.2. The average molecular weight is 402 g/mol. The highest BCUT2D eigenvalue weighted by Crippen LogP contribution is 2.15. The molecule has 3 heterocycles. The second-order valence-electron chi connectivity index (χ2n) is 7.14. The van der Waals surface area contributed by atoms with Crippen molar-refractivity contribution in [2.45, 2.75) is 26.4 Å². The number of benzene rings is 1. The molecule has 7 nitrogen and oxygen atoms in total. The van der Waals surface area contributed by atoms with Crippen LogP contribution in [0.25, 0.3) is 16.7 Å². The number of hydrogen-bond acceptors (Lipinski definition) is 3. The van der Waals surface area contributed by atoms with Crippen molar-refractivity contribution in [2.75, 3.05) is 13.6 Å². The van der Waals surface area contributed by atoms with Gasteiger partial charge in [0.15, 0.2) is 5.96 Å². The first kappa shape index (κ1) is 19.7. The van der Waals surface area contributed by atoms with E-state index in [0.29, 0.717) is 6.54 Å². The molecule has 0 aliphatic carbocycles. The summed E-state index contributed by atoms with van der Waals surface area (Å²) in [5, 5.41) is 8.01. The van der Waals surface area contributed by atoms with Gasteiger partial charge in [-0.2, -0.15) is 0 Å². The SMILES string of the molecule is CN=C(NCCCn1ccc2ccccc21)NCc1ccc(-n2ccnc2C)nc1.